The van der Waals surface area contributed by atoms with Crippen molar-refractivity contribution in [3.8, 4) is 0 Å². The summed E-state index contributed by atoms with van der Waals surface area (Å²) in [5.74, 6) is 1.58. The van der Waals surface area contributed by atoms with E-state index in [2.05, 4.69) is 14.9 Å². The molecule has 5 rings (SSSR count). The van der Waals surface area contributed by atoms with Crippen molar-refractivity contribution in [3.05, 3.63) is 64.6 Å². The number of hydrogen-bond donors (Lipinski definition) is 1. The fourth-order valence-electron chi connectivity index (χ4n) is 3.27. The van der Waals surface area contributed by atoms with Crippen molar-refractivity contribution >= 4 is 22.1 Å². The molecular weight excluding hydrogens is 318 g/mol. The molecule has 0 unspecified atom stereocenters. The Morgan fingerprint density at radius 2 is 2.04 bits per heavy atom. The first-order valence-corrected chi connectivity index (χ1v) is 8.45. The molecule has 1 aliphatic carbocycles. The Hall–Kier alpha value is -2.86. The second-order valence-electron chi connectivity index (χ2n) is 6.50. The Balaban J connectivity index is 1.53. The summed E-state index contributed by atoms with van der Waals surface area (Å²) >= 11 is 0. The number of aromatic amines is 1. The normalized spacial score (nSPS) is 14.8. The number of H-pyrrole nitrogens is 1. The zero-order valence-corrected chi connectivity index (χ0v) is 13.6. The van der Waals surface area contributed by atoms with E-state index in [0.29, 0.717) is 36.1 Å². The van der Waals surface area contributed by atoms with Gasteiger partial charge in [0.1, 0.15) is 22.7 Å². The predicted molar refractivity (Wildman–Crippen MR) is 93.1 cm³/mol. The first-order chi connectivity index (χ1) is 12.3. The molecule has 4 aromatic rings. The third-order valence-corrected chi connectivity index (χ3v) is 4.64. The maximum Gasteiger partial charge on any atom is 0.294 e. The fraction of sp³-hybridized carbons (Fsp3) is 0.263. The highest BCUT2D eigenvalue weighted by Gasteiger charge is 2.30. The van der Waals surface area contributed by atoms with Crippen molar-refractivity contribution in [2.75, 3.05) is 0 Å². The lowest BCUT2D eigenvalue weighted by molar-refractivity contribution is 0.220. The van der Waals surface area contributed by atoms with Crippen LogP contribution < -0.4 is 5.56 Å². The topological polar surface area (TPSA) is 75.3 Å². The largest absolute Gasteiger partial charge is 0.468 e. The number of fused-ring (bicyclic) bond motifs is 3. The van der Waals surface area contributed by atoms with Gasteiger partial charge in [0.25, 0.3) is 5.56 Å². The molecule has 126 valence electrons. The van der Waals surface area contributed by atoms with E-state index in [-0.39, 0.29) is 11.1 Å². The number of nitrogens with one attached hydrogen (secondary N) is 1. The molecule has 1 fully saturated rings. The van der Waals surface area contributed by atoms with E-state index in [1.807, 2.05) is 36.4 Å². The van der Waals surface area contributed by atoms with Crippen molar-refractivity contribution < 1.29 is 8.83 Å². The van der Waals surface area contributed by atoms with E-state index in [1.165, 1.54) is 12.8 Å². The molecule has 0 atom stereocenters. The van der Waals surface area contributed by atoms with Crippen molar-refractivity contribution in [3.63, 3.8) is 0 Å². The molecule has 3 aromatic heterocycles. The standard InChI is InChI=1S/C19H17N3O3/c23-19-18-17(14-5-1-2-6-15(14)25-18)20-16(21-19)11-22(12-7-8-12)10-13-4-3-9-24-13/h1-6,9,12H,7-8,10-11H2,(H,20,21,23). The van der Waals surface area contributed by atoms with Crippen LogP contribution in [0.25, 0.3) is 22.1 Å². The van der Waals surface area contributed by atoms with Gasteiger partial charge in [-0.05, 0) is 37.1 Å². The fourth-order valence-corrected chi connectivity index (χ4v) is 3.27. The summed E-state index contributed by atoms with van der Waals surface area (Å²) in [5.41, 5.74) is 1.37. The Kier molecular flexibility index (Phi) is 3.24. The Morgan fingerprint density at radius 1 is 1.16 bits per heavy atom. The molecule has 0 aliphatic heterocycles. The minimum atomic E-state index is -0.232. The van der Waals surface area contributed by atoms with Crippen molar-refractivity contribution in [2.45, 2.75) is 32.0 Å². The zero-order valence-electron chi connectivity index (χ0n) is 13.6. The first-order valence-electron chi connectivity index (χ1n) is 8.45. The van der Waals surface area contributed by atoms with Gasteiger partial charge in [-0.1, -0.05) is 12.1 Å². The molecule has 1 aromatic carbocycles. The molecule has 0 spiro atoms. The molecule has 3 heterocycles. The molecule has 6 heteroatoms. The van der Waals surface area contributed by atoms with Gasteiger partial charge in [0.05, 0.1) is 19.4 Å². The minimum absolute atomic E-state index is 0.232. The molecule has 25 heavy (non-hydrogen) atoms. The van der Waals surface area contributed by atoms with E-state index < -0.39 is 0 Å². The molecular formula is C19H17N3O3. The minimum Gasteiger partial charge on any atom is -0.468 e. The number of nitrogens with zero attached hydrogens (tertiary/aromatic N) is 2. The smallest absolute Gasteiger partial charge is 0.294 e. The average Bonchev–Trinajstić information content (AvgIpc) is 3.21. The van der Waals surface area contributed by atoms with E-state index in [1.54, 1.807) is 6.26 Å². The van der Waals surface area contributed by atoms with Gasteiger partial charge in [-0.2, -0.15) is 0 Å². The monoisotopic (exact) mass is 335 g/mol. The van der Waals surface area contributed by atoms with Gasteiger partial charge >= 0.3 is 0 Å². The lowest BCUT2D eigenvalue weighted by atomic mass is 10.2. The first kappa shape index (κ1) is 14.5. The summed E-state index contributed by atoms with van der Waals surface area (Å²) in [7, 11) is 0. The van der Waals surface area contributed by atoms with Crippen LogP contribution >= 0.6 is 0 Å². The highest BCUT2D eigenvalue weighted by Crippen LogP contribution is 2.30. The van der Waals surface area contributed by atoms with Crippen LogP contribution in [0.2, 0.25) is 0 Å². The SMILES string of the molecule is O=c1[nH]c(CN(Cc2ccco2)C2CC2)nc2c1oc1ccccc12. The van der Waals surface area contributed by atoms with Gasteiger partial charge < -0.3 is 13.8 Å². The van der Waals surface area contributed by atoms with E-state index in [4.69, 9.17) is 8.83 Å². The second kappa shape index (κ2) is 5.60. The Morgan fingerprint density at radius 3 is 2.84 bits per heavy atom. The average molecular weight is 335 g/mol. The lowest BCUT2D eigenvalue weighted by Gasteiger charge is -2.19. The summed E-state index contributed by atoms with van der Waals surface area (Å²) < 4.78 is 11.1. The molecule has 1 saturated carbocycles. The number of aromatic nitrogens is 2. The van der Waals surface area contributed by atoms with Crippen LogP contribution in [0.5, 0.6) is 0 Å². The van der Waals surface area contributed by atoms with Gasteiger partial charge in [-0.15, -0.1) is 0 Å². The van der Waals surface area contributed by atoms with E-state index in [9.17, 15) is 4.79 Å². The van der Waals surface area contributed by atoms with Crippen molar-refractivity contribution in [1.29, 1.82) is 0 Å². The second-order valence-corrected chi connectivity index (χ2v) is 6.50. The van der Waals surface area contributed by atoms with E-state index >= 15 is 0 Å². The van der Waals surface area contributed by atoms with E-state index in [0.717, 1.165) is 11.1 Å². The molecule has 1 aliphatic rings. The number of para-hydroxylation sites is 1. The number of hydrogen-bond acceptors (Lipinski definition) is 5. The van der Waals surface area contributed by atoms with Crippen LogP contribution in [-0.4, -0.2) is 20.9 Å². The van der Waals surface area contributed by atoms with Crippen LogP contribution in [0.1, 0.15) is 24.4 Å². The van der Waals surface area contributed by atoms with Crippen LogP contribution in [0.15, 0.2) is 56.3 Å². The number of furan rings is 2. The highest BCUT2D eigenvalue weighted by molar-refractivity contribution is 6.01. The summed E-state index contributed by atoms with van der Waals surface area (Å²) in [4.78, 5) is 22.3. The molecule has 1 N–H and O–H groups in total. The lowest BCUT2D eigenvalue weighted by Crippen LogP contribution is -2.27. The summed E-state index contributed by atoms with van der Waals surface area (Å²) in [6.07, 6.45) is 4.02. The Labute approximate surface area is 143 Å². The number of benzene rings is 1. The summed E-state index contributed by atoms with van der Waals surface area (Å²) in [6, 6.07) is 12.0. The maximum absolute atomic E-state index is 12.4. The van der Waals surface area contributed by atoms with Gasteiger partial charge in [-0.25, -0.2) is 4.98 Å². The van der Waals surface area contributed by atoms with Gasteiger partial charge in [0.15, 0.2) is 0 Å². The van der Waals surface area contributed by atoms with Crippen LogP contribution in [0.4, 0.5) is 0 Å². The zero-order chi connectivity index (χ0) is 16.8. The summed E-state index contributed by atoms with van der Waals surface area (Å²) in [6.45, 7) is 1.29. The predicted octanol–water partition coefficient (Wildman–Crippen LogP) is 3.43. The van der Waals surface area contributed by atoms with Crippen LogP contribution in [-0.2, 0) is 13.1 Å². The summed E-state index contributed by atoms with van der Waals surface area (Å²) in [5, 5.41) is 0.869. The van der Waals surface area contributed by atoms with Gasteiger partial charge in [0, 0.05) is 11.4 Å². The highest BCUT2D eigenvalue weighted by atomic mass is 16.3. The molecule has 0 saturated heterocycles. The molecule has 0 bridgehead atoms. The molecule has 6 nitrogen and oxygen atoms in total. The Bertz CT molecular complexity index is 1090. The van der Waals surface area contributed by atoms with Gasteiger partial charge in [-0.3, -0.25) is 9.69 Å². The molecule has 0 radical (unpaired) electrons. The molecule has 0 amide bonds. The van der Waals surface area contributed by atoms with Crippen molar-refractivity contribution in [2.24, 2.45) is 0 Å². The maximum atomic E-state index is 12.4. The van der Waals surface area contributed by atoms with Crippen molar-refractivity contribution in [1.82, 2.24) is 14.9 Å². The van der Waals surface area contributed by atoms with Gasteiger partial charge in [0.2, 0.25) is 5.58 Å². The third-order valence-electron chi connectivity index (χ3n) is 4.64. The third kappa shape index (κ3) is 2.64. The van der Waals surface area contributed by atoms with Crippen LogP contribution in [0.3, 0.4) is 0 Å². The quantitative estimate of drug-likeness (QED) is 0.605. The number of rotatable bonds is 5. The van der Waals surface area contributed by atoms with Crippen LogP contribution in [0, 0.1) is 0 Å².